The van der Waals surface area contributed by atoms with Gasteiger partial charge in [-0.2, -0.15) is 0 Å². The van der Waals surface area contributed by atoms with Crippen LogP contribution in [0.15, 0.2) is 18.2 Å². The molecule has 0 saturated heterocycles. The Kier molecular flexibility index (Phi) is 6.15. The van der Waals surface area contributed by atoms with Gasteiger partial charge >= 0.3 is 6.03 Å². The van der Waals surface area contributed by atoms with Crippen LogP contribution in [0.3, 0.4) is 0 Å². The lowest BCUT2D eigenvalue weighted by atomic mass is 9.94. The van der Waals surface area contributed by atoms with Crippen molar-refractivity contribution in [2.75, 3.05) is 18.5 Å². The molecular formula is C15H20Cl2N2O2. The Balaban J connectivity index is 2.06. The van der Waals surface area contributed by atoms with E-state index in [0.717, 1.165) is 25.7 Å². The highest BCUT2D eigenvalue weighted by Crippen LogP contribution is 2.25. The number of carbonyl (C=O) groups is 1. The minimum absolute atomic E-state index is 0.0414. The number of hydrogen-bond donors (Lipinski definition) is 2. The number of benzene rings is 1. The summed E-state index contributed by atoms with van der Waals surface area (Å²) in [5.74, 6) is 0. The number of urea groups is 1. The number of anilines is 1. The first kappa shape index (κ1) is 16.4. The van der Waals surface area contributed by atoms with Crippen molar-refractivity contribution in [2.45, 2.75) is 38.1 Å². The molecule has 0 aliphatic heterocycles. The largest absolute Gasteiger partial charge is 0.395 e. The van der Waals surface area contributed by atoms with E-state index in [2.05, 4.69) is 5.32 Å². The summed E-state index contributed by atoms with van der Waals surface area (Å²) in [5, 5.41) is 13.0. The maximum absolute atomic E-state index is 12.4. The minimum atomic E-state index is -0.214. The molecule has 116 valence electrons. The van der Waals surface area contributed by atoms with Gasteiger partial charge in [0.15, 0.2) is 0 Å². The summed E-state index contributed by atoms with van der Waals surface area (Å²) in [6.45, 7) is 0.297. The highest BCUT2D eigenvalue weighted by atomic mass is 35.5. The zero-order valence-corrected chi connectivity index (χ0v) is 13.3. The molecule has 1 fully saturated rings. The van der Waals surface area contributed by atoms with E-state index in [9.17, 15) is 9.90 Å². The number of hydrogen-bond acceptors (Lipinski definition) is 2. The first-order chi connectivity index (χ1) is 10.1. The van der Waals surface area contributed by atoms with Crippen molar-refractivity contribution >= 4 is 34.9 Å². The van der Waals surface area contributed by atoms with Crippen molar-refractivity contribution in [3.8, 4) is 0 Å². The van der Waals surface area contributed by atoms with Crippen LogP contribution in [0, 0.1) is 0 Å². The fourth-order valence-electron chi connectivity index (χ4n) is 2.77. The van der Waals surface area contributed by atoms with Crippen molar-refractivity contribution in [2.24, 2.45) is 0 Å². The van der Waals surface area contributed by atoms with Gasteiger partial charge in [0.25, 0.3) is 0 Å². The minimum Gasteiger partial charge on any atom is -0.395 e. The Morgan fingerprint density at radius 3 is 2.38 bits per heavy atom. The van der Waals surface area contributed by atoms with Crippen LogP contribution < -0.4 is 5.32 Å². The third kappa shape index (κ3) is 4.77. The molecule has 1 saturated carbocycles. The van der Waals surface area contributed by atoms with Crippen molar-refractivity contribution in [3.05, 3.63) is 28.2 Å². The molecule has 1 aliphatic rings. The summed E-state index contributed by atoms with van der Waals surface area (Å²) in [5.41, 5.74) is 0.566. The van der Waals surface area contributed by atoms with E-state index < -0.39 is 0 Å². The second-order valence-corrected chi connectivity index (χ2v) is 6.17. The highest BCUT2D eigenvalue weighted by molar-refractivity contribution is 6.35. The molecule has 2 amide bonds. The number of nitrogens with one attached hydrogen (secondary N) is 1. The van der Waals surface area contributed by atoms with Gasteiger partial charge in [-0.05, 0) is 31.0 Å². The molecule has 0 unspecified atom stereocenters. The van der Waals surface area contributed by atoms with Crippen LogP contribution in [-0.2, 0) is 0 Å². The zero-order chi connectivity index (χ0) is 15.2. The van der Waals surface area contributed by atoms with E-state index in [1.807, 2.05) is 0 Å². The third-order valence-corrected chi connectivity index (χ3v) is 4.17. The molecule has 0 heterocycles. The first-order valence-electron chi connectivity index (χ1n) is 7.24. The molecule has 0 bridgehead atoms. The summed E-state index contributed by atoms with van der Waals surface area (Å²) in [4.78, 5) is 14.2. The molecule has 0 atom stereocenters. The van der Waals surface area contributed by atoms with Crippen LogP contribution in [-0.4, -0.2) is 35.2 Å². The normalized spacial score (nSPS) is 15.8. The Morgan fingerprint density at radius 1 is 1.19 bits per heavy atom. The molecule has 1 aromatic carbocycles. The summed E-state index contributed by atoms with van der Waals surface area (Å²) >= 11 is 11.9. The van der Waals surface area contributed by atoms with Crippen LogP contribution in [0.25, 0.3) is 0 Å². The van der Waals surface area contributed by atoms with Gasteiger partial charge in [0.05, 0.1) is 6.61 Å². The average molecular weight is 331 g/mol. The van der Waals surface area contributed by atoms with Gasteiger partial charge in [-0.25, -0.2) is 4.79 Å². The Morgan fingerprint density at radius 2 is 1.81 bits per heavy atom. The lowest BCUT2D eigenvalue weighted by Gasteiger charge is -2.34. The van der Waals surface area contributed by atoms with Crippen molar-refractivity contribution < 1.29 is 9.90 Å². The molecule has 6 heteroatoms. The van der Waals surface area contributed by atoms with E-state index in [1.54, 1.807) is 23.1 Å². The van der Waals surface area contributed by atoms with E-state index in [0.29, 0.717) is 22.3 Å². The molecule has 0 spiro atoms. The Labute approximate surface area is 135 Å². The summed E-state index contributed by atoms with van der Waals surface area (Å²) in [6.07, 6.45) is 5.45. The van der Waals surface area contributed by atoms with Crippen LogP contribution >= 0.6 is 23.2 Å². The number of aliphatic hydroxyl groups is 1. The van der Waals surface area contributed by atoms with Crippen LogP contribution in [0.2, 0.25) is 10.0 Å². The molecule has 0 aromatic heterocycles. The molecule has 1 aliphatic carbocycles. The molecule has 2 rings (SSSR count). The van der Waals surface area contributed by atoms with Crippen LogP contribution in [0.4, 0.5) is 10.5 Å². The average Bonchev–Trinajstić information content (AvgIpc) is 2.44. The smallest absolute Gasteiger partial charge is 0.322 e. The first-order valence-corrected chi connectivity index (χ1v) is 8.00. The van der Waals surface area contributed by atoms with E-state index in [-0.39, 0.29) is 18.7 Å². The van der Waals surface area contributed by atoms with Crippen molar-refractivity contribution in [1.82, 2.24) is 4.90 Å². The number of rotatable bonds is 4. The van der Waals surface area contributed by atoms with Gasteiger partial charge in [0.1, 0.15) is 0 Å². The monoisotopic (exact) mass is 330 g/mol. The number of carbonyl (C=O) groups excluding carboxylic acids is 1. The van der Waals surface area contributed by atoms with E-state index in [1.165, 1.54) is 6.42 Å². The fraction of sp³-hybridized carbons (Fsp3) is 0.533. The molecule has 1 aromatic rings. The topological polar surface area (TPSA) is 52.6 Å². The van der Waals surface area contributed by atoms with Gasteiger partial charge in [0, 0.05) is 28.3 Å². The Bertz CT molecular complexity index is 470. The van der Waals surface area contributed by atoms with E-state index in [4.69, 9.17) is 23.2 Å². The molecule has 21 heavy (non-hydrogen) atoms. The van der Waals surface area contributed by atoms with Crippen molar-refractivity contribution in [1.29, 1.82) is 0 Å². The van der Waals surface area contributed by atoms with Crippen LogP contribution in [0.5, 0.6) is 0 Å². The predicted octanol–water partition coefficient (Wildman–Crippen LogP) is 4.15. The number of amides is 2. The van der Waals surface area contributed by atoms with Gasteiger partial charge in [-0.15, -0.1) is 0 Å². The number of nitrogens with zero attached hydrogens (tertiary/aromatic N) is 1. The second kappa shape index (κ2) is 7.87. The lowest BCUT2D eigenvalue weighted by molar-refractivity contribution is 0.144. The van der Waals surface area contributed by atoms with Gasteiger partial charge in [-0.1, -0.05) is 42.5 Å². The van der Waals surface area contributed by atoms with Crippen molar-refractivity contribution in [3.63, 3.8) is 0 Å². The van der Waals surface area contributed by atoms with Gasteiger partial charge in [0.2, 0.25) is 0 Å². The second-order valence-electron chi connectivity index (χ2n) is 5.30. The van der Waals surface area contributed by atoms with Gasteiger partial charge < -0.3 is 15.3 Å². The summed E-state index contributed by atoms with van der Waals surface area (Å²) in [7, 11) is 0. The maximum Gasteiger partial charge on any atom is 0.322 e. The van der Waals surface area contributed by atoms with E-state index >= 15 is 0 Å². The highest BCUT2D eigenvalue weighted by Gasteiger charge is 2.25. The molecule has 0 radical (unpaired) electrons. The quantitative estimate of drug-likeness (QED) is 0.871. The standard InChI is InChI=1S/C15H20Cl2N2O2/c16-11-8-12(17)10-13(9-11)18-15(21)19(6-7-20)14-4-2-1-3-5-14/h8-10,14,20H,1-7H2,(H,18,21). The zero-order valence-electron chi connectivity index (χ0n) is 11.8. The fourth-order valence-corrected chi connectivity index (χ4v) is 3.30. The SMILES string of the molecule is O=C(Nc1cc(Cl)cc(Cl)c1)N(CCO)C1CCCCC1. The molecular weight excluding hydrogens is 311 g/mol. The lowest BCUT2D eigenvalue weighted by Crippen LogP contribution is -2.45. The maximum atomic E-state index is 12.4. The summed E-state index contributed by atoms with van der Waals surface area (Å²) in [6, 6.07) is 4.91. The predicted molar refractivity (Wildman–Crippen MR) is 86.1 cm³/mol. The number of halogens is 2. The van der Waals surface area contributed by atoms with Crippen LogP contribution in [0.1, 0.15) is 32.1 Å². The third-order valence-electron chi connectivity index (χ3n) is 3.73. The molecule has 4 nitrogen and oxygen atoms in total. The summed E-state index contributed by atoms with van der Waals surface area (Å²) < 4.78 is 0. The molecule has 2 N–H and O–H groups in total. The van der Waals surface area contributed by atoms with Gasteiger partial charge in [-0.3, -0.25) is 0 Å². The Hall–Kier alpha value is -0.970. The number of aliphatic hydroxyl groups excluding tert-OH is 1.